The summed E-state index contributed by atoms with van der Waals surface area (Å²) >= 11 is 0. The molecule has 6 heterocycles. The van der Waals surface area contributed by atoms with Gasteiger partial charge in [-0.15, -0.1) is 0 Å². The number of nitrogens with one attached hydrogen (secondary N) is 3. The smallest absolute Gasteiger partial charge is 0.358 e. The molecule has 3 aliphatic carbocycles. The fourth-order valence-electron chi connectivity index (χ4n) is 8.68. The van der Waals surface area contributed by atoms with Gasteiger partial charge in [0.05, 0.1) is 19.4 Å². The van der Waals surface area contributed by atoms with Crippen molar-refractivity contribution >= 4 is 29.7 Å². The molecule has 0 aromatic carbocycles. The predicted molar refractivity (Wildman–Crippen MR) is 261 cm³/mol. The zero-order valence-electron chi connectivity index (χ0n) is 42.3. The van der Waals surface area contributed by atoms with Crippen LogP contribution in [0.15, 0.2) is 36.8 Å². The number of carbonyl (C=O) groups excluding carboxylic acids is 2. The van der Waals surface area contributed by atoms with Gasteiger partial charge in [-0.3, -0.25) is 4.79 Å². The van der Waals surface area contributed by atoms with Crippen molar-refractivity contribution in [3.63, 3.8) is 0 Å². The first-order valence-corrected chi connectivity index (χ1v) is 24.3. The van der Waals surface area contributed by atoms with E-state index in [-0.39, 0.29) is 69.0 Å². The first kappa shape index (κ1) is 54.7. The molecule has 4 N–H and O–H groups in total. The van der Waals surface area contributed by atoms with Gasteiger partial charge in [-0.1, -0.05) is 0 Å². The Hall–Kier alpha value is -7.05. The molecule has 6 aromatic heterocycles. The molecular weight excluding hydrogens is 977 g/mol. The second kappa shape index (κ2) is 23.0. The third-order valence-corrected chi connectivity index (χ3v) is 12.8. The average Bonchev–Trinajstić information content (AvgIpc) is 4.06. The van der Waals surface area contributed by atoms with Crippen molar-refractivity contribution < 1.29 is 45.8 Å². The number of alkyl halides is 6. The maximum absolute atomic E-state index is 13.3. The number of hydrogen-bond donors (Lipinski definition) is 4. The Morgan fingerprint density at radius 3 is 1.27 bits per heavy atom. The van der Waals surface area contributed by atoms with Gasteiger partial charge in [0.2, 0.25) is 17.8 Å². The number of rotatable bonds is 12. The second-order valence-electron chi connectivity index (χ2n) is 19.1. The molecule has 0 radical (unpaired) electrons. The highest BCUT2D eigenvalue weighted by Crippen LogP contribution is 2.36. The molecule has 0 unspecified atom stereocenters. The van der Waals surface area contributed by atoms with E-state index in [9.17, 15) is 41.0 Å². The third kappa shape index (κ3) is 14.6. The van der Waals surface area contributed by atoms with E-state index in [0.29, 0.717) is 103 Å². The lowest BCUT2D eigenvalue weighted by Crippen LogP contribution is -2.32. The molecule has 74 heavy (non-hydrogen) atoms. The predicted octanol–water partition coefficient (Wildman–Crippen LogP) is 8.90. The van der Waals surface area contributed by atoms with Crippen LogP contribution in [0, 0.1) is 41.5 Å². The van der Waals surface area contributed by atoms with Gasteiger partial charge < -0.3 is 25.8 Å². The van der Waals surface area contributed by atoms with E-state index in [1.165, 1.54) is 21.2 Å². The van der Waals surface area contributed by atoms with Gasteiger partial charge in [0, 0.05) is 116 Å². The van der Waals surface area contributed by atoms with E-state index in [1.54, 1.807) is 50.6 Å². The van der Waals surface area contributed by atoms with E-state index in [2.05, 4.69) is 61.2 Å². The number of ether oxygens (including phenoxy) is 1. The Morgan fingerprint density at radius 2 is 0.932 bits per heavy atom. The molecule has 9 rings (SSSR count). The average molecular weight is 1040 g/mol. The van der Waals surface area contributed by atoms with Crippen LogP contribution in [0.5, 0.6) is 0 Å². The van der Waals surface area contributed by atoms with Crippen LogP contribution in [0.25, 0.3) is 17.8 Å². The molecule has 0 saturated heterocycles. The standard InChI is InChI=1S/C17H21F2N5O2.C16H21F2N5O.C16H19F2N5O/c1-10-9-24(23-14(10)15(25)26-3)16-20-11(2)8-13(22-16)21-12-4-6-17(18,19)7-5-12;2*1-10-8-23(22-13(10)9-24)15-19-11(2)7-14(21-15)20-12-3-5-16(17,18)6-4-12/h8-9,12H,4-7H2,1-3H3,(H,20,21,22);7-8,12,24H,3-6,9H2,1-2H3,(H,19,20,21);7-9,12H,3-6H2,1-2H3,(H,19,20,21). The number of aldehydes is 1. The molecular formula is C49H61F6N15O4. The van der Waals surface area contributed by atoms with Crippen LogP contribution in [0.1, 0.15) is 137 Å². The Morgan fingerprint density at radius 1 is 0.581 bits per heavy atom. The highest BCUT2D eigenvalue weighted by Gasteiger charge is 2.37. The van der Waals surface area contributed by atoms with Crippen LogP contribution in [0.3, 0.4) is 0 Å². The fourth-order valence-corrected chi connectivity index (χ4v) is 8.68. The summed E-state index contributed by atoms with van der Waals surface area (Å²) in [7, 11) is 1.29. The van der Waals surface area contributed by atoms with Crippen LogP contribution < -0.4 is 16.0 Å². The number of nitrogens with zero attached hydrogens (tertiary/aromatic N) is 12. The normalized spacial score (nSPS) is 17.5. The molecule has 0 atom stereocenters. The SMILES string of the molecule is COC(=O)c1nn(-c2nc(C)cc(NC3CCC(F)(F)CC3)n2)cc1C.Cc1cc(NC2CCC(F)(F)CC2)nc(-n2cc(C)c(C=O)n2)n1.Cc1cc(NC2CCC(F)(F)CC2)nc(-n2cc(C)c(CO)n2)n1. The summed E-state index contributed by atoms with van der Waals surface area (Å²) in [5.41, 5.74) is 5.52. The van der Waals surface area contributed by atoms with Crippen molar-refractivity contribution in [2.24, 2.45) is 0 Å². The third-order valence-electron chi connectivity index (χ3n) is 12.8. The summed E-state index contributed by atoms with van der Waals surface area (Å²) in [5.74, 6) is -5.43. The summed E-state index contributed by atoms with van der Waals surface area (Å²) in [4.78, 5) is 48.9. The Bertz CT molecular complexity index is 2900. The number of esters is 1. The lowest BCUT2D eigenvalue weighted by molar-refractivity contribution is -0.0366. The maximum atomic E-state index is 13.3. The summed E-state index contributed by atoms with van der Waals surface area (Å²) in [5, 5.41) is 31.5. The molecule has 3 aliphatic rings. The van der Waals surface area contributed by atoms with Gasteiger partial charge in [0.15, 0.2) is 12.0 Å². The topological polar surface area (TPSA) is 230 Å². The van der Waals surface area contributed by atoms with E-state index in [0.717, 1.165) is 22.5 Å². The van der Waals surface area contributed by atoms with E-state index < -0.39 is 23.7 Å². The molecule has 0 spiro atoms. The van der Waals surface area contributed by atoms with Crippen molar-refractivity contribution in [2.75, 3.05) is 23.1 Å². The Kier molecular flexibility index (Phi) is 17.0. The lowest BCUT2D eigenvalue weighted by atomic mass is 9.92. The fraction of sp³-hybridized carbons (Fsp3) is 0.531. The number of anilines is 3. The van der Waals surface area contributed by atoms with Crippen molar-refractivity contribution in [1.29, 1.82) is 0 Å². The number of aliphatic hydroxyl groups is 1. The van der Waals surface area contributed by atoms with Crippen molar-refractivity contribution in [1.82, 2.24) is 59.2 Å². The number of hydrogen-bond acceptors (Lipinski definition) is 16. The van der Waals surface area contributed by atoms with Crippen LogP contribution in [0.2, 0.25) is 0 Å². The van der Waals surface area contributed by atoms with Gasteiger partial charge >= 0.3 is 5.97 Å². The molecule has 19 nitrogen and oxygen atoms in total. The summed E-state index contributed by atoms with van der Waals surface area (Å²) in [6, 6.07) is 5.22. The summed E-state index contributed by atoms with van der Waals surface area (Å²) < 4.78 is 88.7. The van der Waals surface area contributed by atoms with E-state index in [4.69, 9.17) is 4.74 Å². The number of aromatic nitrogens is 12. The van der Waals surface area contributed by atoms with Crippen LogP contribution in [-0.4, -0.2) is 120 Å². The molecule has 3 fully saturated rings. The lowest BCUT2D eigenvalue weighted by Gasteiger charge is -2.29. The minimum Gasteiger partial charge on any atom is -0.464 e. The molecule has 0 aliphatic heterocycles. The van der Waals surface area contributed by atoms with Crippen LogP contribution in [-0.2, 0) is 11.3 Å². The first-order valence-electron chi connectivity index (χ1n) is 24.3. The highest BCUT2D eigenvalue weighted by atomic mass is 19.3. The maximum Gasteiger partial charge on any atom is 0.358 e. The van der Waals surface area contributed by atoms with Crippen molar-refractivity contribution in [3.8, 4) is 17.8 Å². The minimum atomic E-state index is -2.57. The highest BCUT2D eigenvalue weighted by molar-refractivity contribution is 5.88. The van der Waals surface area contributed by atoms with Gasteiger partial charge in [-0.05, 0) is 91.2 Å². The van der Waals surface area contributed by atoms with Gasteiger partial charge in [0.25, 0.3) is 17.8 Å². The summed E-state index contributed by atoms with van der Waals surface area (Å²) in [6.07, 6.45) is 7.53. The number of carbonyl (C=O) groups is 2. The molecule has 6 aromatic rings. The quantitative estimate of drug-likeness (QED) is 0.0509. The largest absolute Gasteiger partial charge is 0.464 e. The zero-order chi connectivity index (χ0) is 53.5. The number of methoxy groups -OCH3 is 1. The second-order valence-corrected chi connectivity index (χ2v) is 19.1. The Balaban J connectivity index is 0.000000162. The monoisotopic (exact) mass is 1040 g/mol. The number of aryl methyl sites for hydroxylation is 6. The van der Waals surface area contributed by atoms with Crippen LogP contribution in [0.4, 0.5) is 43.8 Å². The molecule has 25 heteroatoms. The Labute approximate surface area is 423 Å². The molecule has 3 saturated carbocycles. The van der Waals surface area contributed by atoms with Crippen molar-refractivity contribution in [2.45, 2.75) is 161 Å². The minimum absolute atomic E-state index is 0.0147. The number of halogens is 6. The van der Waals surface area contributed by atoms with Gasteiger partial charge in [-0.2, -0.15) is 30.2 Å². The van der Waals surface area contributed by atoms with E-state index >= 15 is 0 Å². The zero-order valence-corrected chi connectivity index (χ0v) is 42.3. The van der Waals surface area contributed by atoms with E-state index in [1.807, 2.05) is 27.7 Å². The first-order chi connectivity index (χ1) is 35.0. The summed E-state index contributed by atoms with van der Waals surface area (Å²) in [6.45, 7) is 10.7. The molecule has 398 valence electrons. The number of aliphatic hydroxyl groups excluding tert-OH is 1. The van der Waals surface area contributed by atoms with Crippen molar-refractivity contribution in [3.05, 3.63) is 87.6 Å². The van der Waals surface area contributed by atoms with Crippen LogP contribution >= 0.6 is 0 Å². The molecule has 0 bridgehead atoms. The van der Waals surface area contributed by atoms with Gasteiger partial charge in [-0.25, -0.2) is 60.1 Å². The van der Waals surface area contributed by atoms with Gasteiger partial charge in [0.1, 0.15) is 23.1 Å². The molecule has 0 amide bonds.